The van der Waals surface area contributed by atoms with Crippen molar-refractivity contribution in [1.82, 2.24) is 19.7 Å². The molecule has 3 rings (SSSR count). The van der Waals surface area contributed by atoms with E-state index in [4.69, 9.17) is 0 Å². The first-order valence-electron chi connectivity index (χ1n) is 7.67. The highest BCUT2D eigenvalue weighted by molar-refractivity contribution is 6.04. The summed E-state index contributed by atoms with van der Waals surface area (Å²) in [6, 6.07) is 3.16. The van der Waals surface area contributed by atoms with Gasteiger partial charge in [0.2, 0.25) is 5.95 Å². The van der Waals surface area contributed by atoms with Crippen LogP contribution in [0.1, 0.15) is 16.1 Å². The van der Waals surface area contributed by atoms with Gasteiger partial charge in [-0.3, -0.25) is 4.79 Å². The molecule has 0 atom stereocenters. The average Bonchev–Trinajstić information content (AvgIpc) is 2.97. The molecule has 0 radical (unpaired) electrons. The van der Waals surface area contributed by atoms with Crippen LogP contribution in [0.5, 0.6) is 0 Å². The highest BCUT2D eigenvalue weighted by Crippen LogP contribution is 2.19. The highest BCUT2D eigenvalue weighted by atomic mass is 19.1. The lowest BCUT2D eigenvalue weighted by Crippen LogP contribution is -2.15. The van der Waals surface area contributed by atoms with Crippen LogP contribution in [0.3, 0.4) is 0 Å². The molecule has 1 N–H and O–H groups in total. The molecule has 0 saturated carbocycles. The molecule has 7 nitrogen and oxygen atoms in total. The average molecular weight is 358 g/mol. The fourth-order valence-electron chi connectivity index (χ4n) is 2.34. The van der Waals surface area contributed by atoms with Crippen molar-refractivity contribution in [2.45, 2.75) is 6.92 Å². The van der Waals surface area contributed by atoms with Crippen LogP contribution in [0, 0.1) is 18.6 Å². The molecule has 2 heterocycles. The van der Waals surface area contributed by atoms with E-state index in [9.17, 15) is 13.6 Å². The third-order valence-corrected chi connectivity index (χ3v) is 3.69. The van der Waals surface area contributed by atoms with E-state index in [-0.39, 0.29) is 11.3 Å². The van der Waals surface area contributed by atoms with Crippen molar-refractivity contribution in [2.24, 2.45) is 0 Å². The van der Waals surface area contributed by atoms with Crippen LogP contribution in [0.2, 0.25) is 0 Å². The first-order valence-corrected chi connectivity index (χ1v) is 7.67. The van der Waals surface area contributed by atoms with Gasteiger partial charge in [0, 0.05) is 20.2 Å². The van der Waals surface area contributed by atoms with Gasteiger partial charge >= 0.3 is 0 Å². The van der Waals surface area contributed by atoms with Gasteiger partial charge in [0.05, 0.1) is 35.5 Å². The van der Waals surface area contributed by atoms with E-state index in [1.54, 1.807) is 25.9 Å². The Balaban J connectivity index is 1.83. The van der Waals surface area contributed by atoms with Gasteiger partial charge in [0.1, 0.15) is 11.5 Å². The maximum atomic E-state index is 14.0. The van der Waals surface area contributed by atoms with Gasteiger partial charge in [-0.25, -0.2) is 23.4 Å². The van der Waals surface area contributed by atoms with Gasteiger partial charge in [0.15, 0.2) is 5.82 Å². The number of benzene rings is 1. The lowest BCUT2D eigenvalue weighted by molar-refractivity contribution is 0.102. The van der Waals surface area contributed by atoms with E-state index in [0.29, 0.717) is 17.3 Å². The Morgan fingerprint density at radius 2 is 1.85 bits per heavy atom. The summed E-state index contributed by atoms with van der Waals surface area (Å²) in [7, 11) is 3.61. The number of rotatable bonds is 4. The van der Waals surface area contributed by atoms with Gasteiger partial charge in [-0.1, -0.05) is 0 Å². The minimum Gasteiger partial charge on any atom is -0.347 e. The first-order chi connectivity index (χ1) is 12.4. The fraction of sp³-hybridized carbons (Fsp3) is 0.176. The summed E-state index contributed by atoms with van der Waals surface area (Å²) in [4.78, 5) is 22.4. The Hall–Kier alpha value is -3.36. The van der Waals surface area contributed by atoms with E-state index in [2.05, 4.69) is 20.4 Å². The number of amides is 1. The fourth-order valence-corrected chi connectivity index (χ4v) is 2.34. The molecule has 0 aliphatic carbocycles. The quantitative estimate of drug-likeness (QED) is 0.776. The van der Waals surface area contributed by atoms with Crippen molar-refractivity contribution in [1.29, 1.82) is 0 Å². The molecule has 0 saturated heterocycles. The number of anilines is 2. The van der Waals surface area contributed by atoms with Gasteiger partial charge in [-0.15, -0.1) is 0 Å². The molecular formula is C17H16F2N6O. The van der Waals surface area contributed by atoms with Crippen LogP contribution in [0.25, 0.3) is 5.69 Å². The summed E-state index contributed by atoms with van der Waals surface area (Å²) < 4.78 is 28.3. The maximum absolute atomic E-state index is 14.0. The Bertz CT molecular complexity index is 952. The molecule has 9 heteroatoms. The molecule has 2 aromatic heterocycles. The SMILES string of the molecule is Cc1c(C(=O)Nc2cnc(N(C)C)nc2)cnn1-c1ccc(F)cc1F. The van der Waals surface area contributed by atoms with Crippen molar-refractivity contribution in [3.63, 3.8) is 0 Å². The highest BCUT2D eigenvalue weighted by Gasteiger charge is 2.17. The van der Waals surface area contributed by atoms with Crippen molar-refractivity contribution in [3.05, 3.63) is 59.7 Å². The van der Waals surface area contributed by atoms with E-state index in [1.807, 2.05) is 0 Å². The smallest absolute Gasteiger partial charge is 0.259 e. The molecular weight excluding hydrogens is 342 g/mol. The number of aromatic nitrogens is 4. The van der Waals surface area contributed by atoms with Crippen molar-refractivity contribution < 1.29 is 13.6 Å². The molecule has 134 valence electrons. The number of halogens is 2. The van der Waals surface area contributed by atoms with Crippen LogP contribution in [0.4, 0.5) is 20.4 Å². The lowest BCUT2D eigenvalue weighted by Gasteiger charge is -2.10. The van der Waals surface area contributed by atoms with Crippen molar-refractivity contribution in [2.75, 3.05) is 24.3 Å². The van der Waals surface area contributed by atoms with Gasteiger partial charge < -0.3 is 10.2 Å². The summed E-state index contributed by atoms with van der Waals surface area (Å²) in [5.41, 5.74) is 1.14. The molecule has 0 aliphatic rings. The van der Waals surface area contributed by atoms with Gasteiger partial charge in [0.25, 0.3) is 5.91 Å². The number of hydrogen-bond acceptors (Lipinski definition) is 5. The van der Waals surface area contributed by atoms with Crippen molar-refractivity contribution in [3.8, 4) is 5.69 Å². The summed E-state index contributed by atoms with van der Waals surface area (Å²) in [5.74, 6) is -1.37. The van der Waals surface area contributed by atoms with Gasteiger partial charge in [-0.2, -0.15) is 5.10 Å². The van der Waals surface area contributed by atoms with E-state index < -0.39 is 17.5 Å². The molecule has 1 amide bonds. The molecule has 26 heavy (non-hydrogen) atoms. The topological polar surface area (TPSA) is 75.9 Å². The van der Waals surface area contributed by atoms with Crippen LogP contribution < -0.4 is 10.2 Å². The second kappa shape index (κ2) is 6.87. The number of nitrogens with one attached hydrogen (secondary N) is 1. The standard InChI is InChI=1S/C17H16F2N6O/c1-10-13(9-22-25(10)15-5-4-11(18)6-14(15)19)16(26)23-12-7-20-17(21-8-12)24(2)3/h4-9H,1-3H3,(H,23,26). The molecule has 0 spiro atoms. The second-order valence-corrected chi connectivity index (χ2v) is 5.77. The maximum Gasteiger partial charge on any atom is 0.259 e. The molecule has 0 aliphatic heterocycles. The predicted octanol–water partition coefficient (Wildman–Crippen LogP) is 2.57. The summed E-state index contributed by atoms with van der Waals surface area (Å²) in [6.07, 6.45) is 4.29. The van der Waals surface area contributed by atoms with Crippen LogP contribution in [0.15, 0.2) is 36.8 Å². The minimum atomic E-state index is -0.768. The van der Waals surface area contributed by atoms with E-state index in [1.165, 1.54) is 29.3 Å². The molecule has 1 aromatic carbocycles. The first kappa shape index (κ1) is 17.5. The largest absolute Gasteiger partial charge is 0.347 e. The Morgan fingerprint density at radius 3 is 2.46 bits per heavy atom. The number of carbonyl (C=O) groups excluding carboxylic acids is 1. The van der Waals surface area contributed by atoms with Crippen molar-refractivity contribution >= 4 is 17.5 Å². The number of carbonyl (C=O) groups is 1. The predicted molar refractivity (Wildman–Crippen MR) is 92.5 cm³/mol. The van der Waals surface area contributed by atoms with Crippen LogP contribution in [-0.2, 0) is 0 Å². The minimum absolute atomic E-state index is 0.0571. The molecule has 0 bridgehead atoms. The molecule has 3 aromatic rings. The van der Waals surface area contributed by atoms with E-state index in [0.717, 1.165) is 12.1 Å². The summed E-state index contributed by atoms with van der Waals surface area (Å²) >= 11 is 0. The van der Waals surface area contributed by atoms with Crippen LogP contribution >= 0.6 is 0 Å². The number of hydrogen-bond donors (Lipinski definition) is 1. The monoisotopic (exact) mass is 358 g/mol. The van der Waals surface area contributed by atoms with E-state index >= 15 is 0 Å². The summed E-state index contributed by atoms with van der Waals surface area (Å²) in [5, 5.41) is 6.70. The third kappa shape index (κ3) is 3.37. The normalized spacial score (nSPS) is 10.7. The zero-order valence-electron chi connectivity index (χ0n) is 14.4. The Morgan fingerprint density at radius 1 is 1.15 bits per heavy atom. The third-order valence-electron chi connectivity index (χ3n) is 3.69. The summed E-state index contributed by atoms with van der Waals surface area (Å²) in [6.45, 7) is 1.62. The molecule has 0 unspecified atom stereocenters. The Labute approximate surface area is 148 Å². The zero-order valence-corrected chi connectivity index (χ0v) is 14.4. The van der Waals surface area contributed by atoms with Crippen LogP contribution in [-0.4, -0.2) is 39.8 Å². The number of nitrogens with zero attached hydrogens (tertiary/aromatic N) is 5. The van der Waals surface area contributed by atoms with Gasteiger partial charge in [-0.05, 0) is 19.1 Å². The second-order valence-electron chi connectivity index (χ2n) is 5.77. The molecule has 0 fully saturated rings. The Kier molecular flexibility index (Phi) is 4.61. The lowest BCUT2D eigenvalue weighted by atomic mass is 10.2. The zero-order chi connectivity index (χ0) is 18.8.